The van der Waals surface area contributed by atoms with E-state index in [0.717, 1.165) is 11.3 Å². The lowest BCUT2D eigenvalue weighted by Gasteiger charge is -2.11. The molecule has 0 radical (unpaired) electrons. The van der Waals surface area contributed by atoms with E-state index in [-0.39, 0.29) is 6.04 Å². The highest BCUT2D eigenvalue weighted by Gasteiger charge is 2.13. The van der Waals surface area contributed by atoms with E-state index < -0.39 is 10.0 Å². The second kappa shape index (κ2) is 7.13. The predicted molar refractivity (Wildman–Crippen MR) is 77.5 cm³/mol. The Morgan fingerprint density at radius 1 is 1.28 bits per heavy atom. The molecule has 102 valence electrons. The van der Waals surface area contributed by atoms with Crippen molar-refractivity contribution >= 4 is 21.8 Å². The Labute approximate surface area is 114 Å². The van der Waals surface area contributed by atoms with Crippen molar-refractivity contribution in [2.24, 2.45) is 0 Å². The van der Waals surface area contributed by atoms with Crippen LogP contribution in [0.1, 0.15) is 18.5 Å². The molecule has 0 aliphatic heterocycles. The molecule has 0 saturated carbocycles. The average Bonchev–Trinajstić information content (AvgIpc) is 2.38. The minimum absolute atomic E-state index is 0.214. The van der Waals surface area contributed by atoms with E-state index in [0.29, 0.717) is 11.4 Å². The third-order valence-corrected chi connectivity index (χ3v) is 4.81. The molecule has 0 aromatic heterocycles. The zero-order valence-electron chi connectivity index (χ0n) is 10.9. The summed E-state index contributed by atoms with van der Waals surface area (Å²) in [7, 11) is -1.49. The standard InChI is InChI=1S/C12H20N2O2S2/c1-10(13-2)11-4-6-12(7-5-11)18(15,16)14-8-9-17-3/h4-7,10,13-14H,8-9H2,1-3H3. The maximum absolute atomic E-state index is 11.9. The Kier molecular flexibility index (Phi) is 6.14. The Hall–Kier alpha value is -0.560. The first-order chi connectivity index (χ1) is 8.51. The van der Waals surface area contributed by atoms with Gasteiger partial charge in [-0.1, -0.05) is 12.1 Å². The second-order valence-corrected chi connectivity index (χ2v) is 6.72. The third kappa shape index (κ3) is 4.28. The molecule has 1 unspecified atom stereocenters. The fourth-order valence-corrected chi connectivity index (χ4v) is 2.93. The van der Waals surface area contributed by atoms with Crippen LogP contribution in [-0.4, -0.2) is 34.0 Å². The number of thioether (sulfide) groups is 1. The van der Waals surface area contributed by atoms with Gasteiger partial charge in [0, 0.05) is 18.3 Å². The van der Waals surface area contributed by atoms with Gasteiger partial charge in [0.2, 0.25) is 10.0 Å². The van der Waals surface area contributed by atoms with Crippen LogP contribution in [0.25, 0.3) is 0 Å². The van der Waals surface area contributed by atoms with E-state index in [2.05, 4.69) is 10.0 Å². The van der Waals surface area contributed by atoms with Crippen molar-refractivity contribution in [3.8, 4) is 0 Å². The minimum atomic E-state index is -3.37. The van der Waals surface area contributed by atoms with Crippen molar-refractivity contribution in [2.75, 3.05) is 25.6 Å². The van der Waals surface area contributed by atoms with E-state index in [1.807, 2.05) is 32.4 Å². The summed E-state index contributed by atoms with van der Waals surface area (Å²) >= 11 is 1.61. The van der Waals surface area contributed by atoms with Crippen LogP contribution in [0.2, 0.25) is 0 Å². The monoisotopic (exact) mass is 288 g/mol. The molecule has 0 saturated heterocycles. The Balaban J connectivity index is 2.78. The van der Waals surface area contributed by atoms with Crippen molar-refractivity contribution in [3.63, 3.8) is 0 Å². The number of rotatable bonds is 7. The van der Waals surface area contributed by atoms with Crippen molar-refractivity contribution in [2.45, 2.75) is 17.9 Å². The van der Waals surface area contributed by atoms with Crippen LogP contribution >= 0.6 is 11.8 Å². The summed E-state index contributed by atoms with van der Waals surface area (Å²) in [4.78, 5) is 0.315. The molecule has 1 aromatic rings. The van der Waals surface area contributed by atoms with Crippen molar-refractivity contribution < 1.29 is 8.42 Å². The van der Waals surface area contributed by atoms with Crippen LogP contribution in [0.15, 0.2) is 29.2 Å². The number of hydrogen-bond donors (Lipinski definition) is 2. The molecule has 6 heteroatoms. The fraction of sp³-hybridized carbons (Fsp3) is 0.500. The molecule has 0 spiro atoms. The Morgan fingerprint density at radius 2 is 1.89 bits per heavy atom. The quantitative estimate of drug-likeness (QED) is 0.748. The molecular formula is C12H20N2O2S2. The van der Waals surface area contributed by atoms with E-state index in [1.165, 1.54) is 0 Å². The van der Waals surface area contributed by atoms with Gasteiger partial charge in [0.05, 0.1) is 4.90 Å². The summed E-state index contributed by atoms with van der Waals surface area (Å²) in [6, 6.07) is 7.18. The van der Waals surface area contributed by atoms with E-state index >= 15 is 0 Å². The lowest BCUT2D eigenvalue weighted by atomic mass is 10.1. The maximum Gasteiger partial charge on any atom is 0.240 e. The fourth-order valence-electron chi connectivity index (χ4n) is 1.46. The Bertz CT molecular complexity index is 457. The lowest BCUT2D eigenvalue weighted by Crippen LogP contribution is -2.26. The molecule has 1 atom stereocenters. The topological polar surface area (TPSA) is 58.2 Å². The zero-order valence-corrected chi connectivity index (χ0v) is 12.6. The van der Waals surface area contributed by atoms with E-state index in [1.54, 1.807) is 23.9 Å². The van der Waals surface area contributed by atoms with Gasteiger partial charge in [0.25, 0.3) is 0 Å². The van der Waals surface area contributed by atoms with Crippen LogP contribution in [0.5, 0.6) is 0 Å². The highest BCUT2D eigenvalue weighted by molar-refractivity contribution is 7.98. The van der Waals surface area contributed by atoms with Crippen LogP contribution < -0.4 is 10.0 Å². The number of hydrogen-bond acceptors (Lipinski definition) is 4. The van der Waals surface area contributed by atoms with Gasteiger partial charge in [-0.3, -0.25) is 0 Å². The number of nitrogens with one attached hydrogen (secondary N) is 2. The summed E-state index contributed by atoms with van der Waals surface area (Å²) < 4.78 is 26.4. The normalized spacial score (nSPS) is 13.5. The van der Waals surface area contributed by atoms with Crippen molar-refractivity contribution in [1.82, 2.24) is 10.0 Å². The van der Waals surface area contributed by atoms with Crippen LogP contribution in [0.4, 0.5) is 0 Å². The molecule has 4 nitrogen and oxygen atoms in total. The first kappa shape index (κ1) is 15.5. The van der Waals surface area contributed by atoms with Gasteiger partial charge in [0.15, 0.2) is 0 Å². The molecule has 1 rings (SSSR count). The molecule has 1 aromatic carbocycles. The molecule has 0 amide bonds. The van der Waals surface area contributed by atoms with Gasteiger partial charge >= 0.3 is 0 Å². The smallest absolute Gasteiger partial charge is 0.240 e. The number of sulfonamides is 1. The van der Waals surface area contributed by atoms with Gasteiger partial charge in [-0.05, 0) is 37.9 Å². The molecule has 0 bridgehead atoms. The van der Waals surface area contributed by atoms with E-state index in [4.69, 9.17) is 0 Å². The first-order valence-electron chi connectivity index (χ1n) is 5.77. The highest BCUT2D eigenvalue weighted by atomic mass is 32.2. The van der Waals surface area contributed by atoms with Gasteiger partial charge < -0.3 is 5.32 Å². The molecule has 2 N–H and O–H groups in total. The predicted octanol–water partition coefficient (Wildman–Crippen LogP) is 1.61. The average molecular weight is 288 g/mol. The van der Waals surface area contributed by atoms with Crippen LogP contribution in [-0.2, 0) is 10.0 Å². The minimum Gasteiger partial charge on any atom is -0.313 e. The lowest BCUT2D eigenvalue weighted by molar-refractivity contribution is 0.584. The summed E-state index contributed by atoms with van der Waals surface area (Å²) in [6.45, 7) is 2.48. The van der Waals surface area contributed by atoms with Crippen molar-refractivity contribution in [3.05, 3.63) is 29.8 Å². The third-order valence-electron chi connectivity index (χ3n) is 2.72. The van der Waals surface area contributed by atoms with Gasteiger partial charge in [-0.2, -0.15) is 11.8 Å². The Morgan fingerprint density at radius 3 is 2.39 bits per heavy atom. The second-order valence-electron chi connectivity index (χ2n) is 3.97. The molecule has 0 fully saturated rings. The van der Waals surface area contributed by atoms with Crippen molar-refractivity contribution in [1.29, 1.82) is 0 Å². The summed E-state index contributed by atoms with van der Waals surface area (Å²) in [6.07, 6.45) is 1.95. The summed E-state index contributed by atoms with van der Waals surface area (Å²) in [5.74, 6) is 0.772. The molecule has 0 aliphatic carbocycles. The molecule has 18 heavy (non-hydrogen) atoms. The molecular weight excluding hydrogens is 268 g/mol. The summed E-state index contributed by atoms with van der Waals surface area (Å²) in [5.41, 5.74) is 1.07. The first-order valence-corrected chi connectivity index (χ1v) is 8.65. The summed E-state index contributed by atoms with van der Waals surface area (Å²) in [5, 5.41) is 3.11. The van der Waals surface area contributed by atoms with Crippen LogP contribution in [0.3, 0.4) is 0 Å². The molecule has 0 aliphatic rings. The number of benzene rings is 1. The highest BCUT2D eigenvalue weighted by Crippen LogP contribution is 2.15. The zero-order chi connectivity index (χ0) is 13.6. The van der Waals surface area contributed by atoms with Gasteiger partial charge in [0.1, 0.15) is 0 Å². The maximum atomic E-state index is 11.9. The van der Waals surface area contributed by atoms with Gasteiger partial charge in [-0.15, -0.1) is 0 Å². The largest absolute Gasteiger partial charge is 0.313 e. The SMILES string of the molecule is CNC(C)c1ccc(S(=O)(=O)NCCSC)cc1. The van der Waals surface area contributed by atoms with Crippen LogP contribution in [0, 0.1) is 0 Å². The molecule has 0 heterocycles. The van der Waals surface area contributed by atoms with E-state index in [9.17, 15) is 8.42 Å². The van der Waals surface area contributed by atoms with Gasteiger partial charge in [-0.25, -0.2) is 13.1 Å².